The van der Waals surface area contributed by atoms with Crippen molar-refractivity contribution in [2.24, 2.45) is 5.92 Å². The molecule has 11 heteroatoms. The third-order valence-corrected chi connectivity index (χ3v) is 5.60. The number of hydrogen-bond donors (Lipinski definition) is 2. The summed E-state index contributed by atoms with van der Waals surface area (Å²) in [5.41, 5.74) is 1.41. The third kappa shape index (κ3) is 7.92. The van der Waals surface area contributed by atoms with Crippen LogP contribution in [-0.2, 0) is 14.3 Å². The van der Waals surface area contributed by atoms with Gasteiger partial charge in [0.25, 0.3) is 5.91 Å². The molecule has 1 aromatic heterocycles. The molecule has 3 amide bonds. The molecule has 0 bridgehead atoms. The smallest absolute Gasteiger partial charge is 0.321 e. The van der Waals surface area contributed by atoms with Crippen molar-refractivity contribution < 1.29 is 23.5 Å². The van der Waals surface area contributed by atoms with Crippen LogP contribution in [0, 0.1) is 11.7 Å². The maximum atomic E-state index is 13.4. The van der Waals surface area contributed by atoms with Crippen LogP contribution in [0.3, 0.4) is 0 Å². The third-order valence-electron chi connectivity index (χ3n) is 4.69. The lowest BCUT2D eigenvalue weighted by atomic mass is 10.1. The second-order valence-corrected chi connectivity index (χ2v) is 8.86. The van der Waals surface area contributed by atoms with Crippen LogP contribution in [0.5, 0.6) is 0 Å². The first kappa shape index (κ1) is 25.9. The van der Waals surface area contributed by atoms with Gasteiger partial charge in [-0.1, -0.05) is 43.8 Å². The second kappa shape index (κ2) is 12.7. The van der Waals surface area contributed by atoms with Crippen LogP contribution in [0.25, 0.3) is 17.1 Å². The highest BCUT2D eigenvalue weighted by molar-refractivity contribution is 7.99. The van der Waals surface area contributed by atoms with Crippen molar-refractivity contribution in [1.82, 2.24) is 25.4 Å². The van der Waals surface area contributed by atoms with Gasteiger partial charge in [-0.05, 0) is 48.7 Å². The van der Waals surface area contributed by atoms with Crippen molar-refractivity contribution in [1.29, 1.82) is 0 Å². The zero-order valence-corrected chi connectivity index (χ0v) is 20.2. The number of para-hydroxylation sites is 1. The fourth-order valence-electron chi connectivity index (χ4n) is 2.95. The minimum absolute atomic E-state index is 0.137. The molecule has 0 spiro atoms. The molecular weight excluding hydrogens is 473 g/mol. The monoisotopic (exact) mass is 499 g/mol. The van der Waals surface area contributed by atoms with Crippen LogP contribution < -0.4 is 10.6 Å². The fraction of sp³-hybridized carbons (Fsp3) is 0.292. The fourth-order valence-corrected chi connectivity index (χ4v) is 3.70. The van der Waals surface area contributed by atoms with Gasteiger partial charge in [0.2, 0.25) is 0 Å². The molecule has 1 heterocycles. The van der Waals surface area contributed by atoms with Crippen LogP contribution in [-0.4, -0.2) is 51.6 Å². The predicted octanol–water partition coefficient (Wildman–Crippen LogP) is 3.58. The Morgan fingerprint density at radius 1 is 1.06 bits per heavy atom. The Hall–Kier alpha value is -3.73. The summed E-state index contributed by atoms with van der Waals surface area (Å²) in [6, 6.07) is 14.5. The topological polar surface area (TPSA) is 115 Å². The minimum Gasteiger partial charge on any atom is -0.455 e. The molecule has 0 fully saturated rings. The summed E-state index contributed by atoms with van der Waals surface area (Å²) >= 11 is 1.08. The van der Waals surface area contributed by atoms with Gasteiger partial charge in [0.15, 0.2) is 17.6 Å². The number of ether oxygens (including phenoxy) is 1. The van der Waals surface area contributed by atoms with Crippen LogP contribution in [0.15, 0.2) is 59.8 Å². The summed E-state index contributed by atoms with van der Waals surface area (Å²) < 4.78 is 20.1. The normalized spacial score (nSPS) is 10.7. The van der Waals surface area contributed by atoms with Gasteiger partial charge < -0.3 is 10.1 Å². The summed E-state index contributed by atoms with van der Waals surface area (Å²) in [7, 11) is 0. The number of rotatable bonds is 10. The van der Waals surface area contributed by atoms with E-state index < -0.39 is 24.5 Å². The zero-order chi connectivity index (χ0) is 25.2. The summed E-state index contributed by atoms with van der Waals surface area (Å²) in [5, 5.41) is 13.5. The zero-order valence-electron chi connectivity index (χ0n) is 19.4. The van der Waals surface area contributed by atoms with E-state index >= 15 is 0 Å². The van der Waals surface area contributed by atoms with Crippen molar-refractivity contribution >= 4 is 29.7 Å². The number of imide groups is 1. The summed E-state index contributed by atoms with van der Waals surface area (Å²) in [6.07, 6.45) is 0.782. The van der Waals surface area contributed by atoms with Gasteiger partial charge in [-0.15, -0.1) is 10.2 Å². The number of carbonyl (C=O) groups is 3. The Kier molecular flexibility index (Phi) is 9.36. The average molecular weight is 500 g/mol. The molecule has 3 rings (SSSR count). The number of urea groups is 1. The van der Waals surface area contributed by atoms with E-state index in [9.17, 15) is 18.8 Å². The van der Waals surface area contributed by atoms with Crippen molar-refractivity contribution in [2.75, 3.05) is 18.9 Å². The molecule has 9 nitrogen and oxygen atoms in total. The molecule has 0 saturated heterocycles. The van der Waals surface area contributed by atoms with Crippen molar-refractivity contribution in [3.05, 3.63) is 60.4 Å². The van der Waals surface area contributed by atoms with Gasteiger partial charge in [-0.25, -0.2) is 9.18 Å². The number of halogens is 1. The molecule has 2 N–H and O–H groups in total. The molecule has 35 heavy (non-hydrogen) atoms. The molecule has 0 aliphatic rings. The maximum absolute atomic E-state index is 13.4. The van der Waals surface area contributed by atoms with Crippen molar-refractivity contribution in [3.63, 3.8) is 0 Å². The van der Waals surface area contributed by atoms with E-state index in [0.717, 1.165) is 23.9 Å². The average Bonchev–Trinajstić information content (AvgIpc) is 3.26. The largest absolute Gasteiger partial charge is 0.455 e. The highest BCUT2D eigenvalue weighted by atomic mass is 32.2. The highest BCUT2D eigenvalue weighted by Gasteiger charge is 2.18. The number of benzene rings is 2. The highest BCUT2D eigenvalue weighted by Crippen LogP contribution is 2.28. The molecule has 0 atom stereocenters. The first-order valence-corrected chi connectivity index (χ1v) is 11.9. The molecule has 2 aromatic carbocycles. The molecule has 0 aliphatic heterocycles. The van der Waals surface area contributed by atoms with Gasteiger partial charge in [0.05, 0.1) is 5.75 Å². The molecule has 0 radical (unpaired) electrons. The number of hydrogen-bond acceptors (Lipinski definition) is 7. The Bertz CT molecular complexity index is 1150. The van der Waals surface area contributed by atoms with Crippen LogP contribution in [0.2, 0.25) is 0 Å². The first-order valence-electron chi connectivity index (χ1n) is 11.0. The van der Waals surface area contributed by atoms with E-state index in [2.05, 4.69) is 20.8 Å². The Labute approximate surface area is 206 Å². The lowest BCUT2D eigenvalue weighted by molar-refractivity contribution is -0.145. The molecule has 184 valence electrons. The maximum Gasteiger partial charge on any atom is 0.321 e. The molecule has 0 aliphatic carbocycles. The number of nitrogens with one attached hydrogen (secondary N) is 2. The van der Waals surface area contributed by atoms with E-state index in [1.807, 2.05) is 44.2 Å². The number of esters is 1. The van der Waals surface area contributed by atoms with E-state index in [1.54, 1.807) is 16.7 Å². The van der Waals surface area contributed by atoms with Crippen LogP contribution >= 0.6 is 11.8 Å². The molecular formula is C24H26FN5O4S. The summed E-state index contributed by atoms with van der Waals surface area (Å²) in [5.74, 6) is -0.983. The summed E-state index contributed by atoms with van der Waals surface area (Å²) in [4.78, 5) is 35.7. The molecule has 0 saturated carbocycles. The van der Waals surface area contributed by atoms with Gasteiger partial charge in [0, 0.05) is 17.8 Å². The van der Waals surface area contributed by atoms with Gasteiger partial charge in [-0.3, -0.25) is 19.5 Å². The summed E-state index contributed by atoms with van der Waals surface area (Å²) in [6.45, 7) is 3.90. The van der Waals surface area contributed by atoms with E-state index in [4.69, 9.17) is 4.74 Å². The van der Waals surface area contributed by atoms with E-state index in [-0.39, 0.29) is 11.6 Å². The quantitative estimate of drug-likeness (QED) is 0.324. The Morgan fingerprint density at radius 2 is 1.77 bits per heavy atom. The van der Waals surface area contributed by atoms with Gasteiger partial charge in [0.1, 0.15) is 5.82 Å². The number of amides is 3. The van der Waals surface area contributed by atoms with Crippen LogP contribution in [0.4, 0.5) is 9.18 Å². The van der Waals surface area contributed by atoms with E-state index in [0.29, 0.717) is 29.0 Å². The van der Waals surface area contributed by atoms with Gasteiger partial charge >= 0.3 is 12.0 Å². The minimum atomic E-state index is -0.726. The first-order chi connectivity index (χ1) is 16.8. The van der Waals surface area contributed by atoms with E-state index in [1.165, 1.54) is 12.1 Å². The lowest BCUT2D eigenvalue weighted by Gasteiger charge is -2.10. The SMILES string of the molecule is CC(C)CCNC(=O)NC(=O)COC(=O)CSc1nnc(-c2ccc(F)cc2)n1-c1ccccc1. The lowest BCUT2D eigenvalue weighted by Crippen LogP contribution is -2.42. The molecule has 3 aromatic rings. The Morgan fingerprint density at radius 3 is 2.46 bits per heavy atom. The standard InChI is InChI=1S/C24H26FN5O4S/c1-16(2)12-13-26-23(33)27-20(31)14-34-21(32)15-35-24-29-28-22(17-8-10-18(25)11-9-17)30(24)19-6-4-3-5-7-19/h3-11,16H,12-15H2,1-2H3,(H2,26,27,31,33). The number of thioether (sulfide) groups is 1. The van der Waals surface area contributed by atoms with Crippen LogP contribution in [0.1, 0.15) is 20.3 Å². The second-order valence-electron chi connectivity index (χ2n) is 7.92. The van der Waals surface area contributed by atoms with Crippen molar-refractivity contribution in [2.45, 2.75) is 25.4 Å². The van der Waals surface area contributed by atoms with Gasteiger partial charge in [-0.2, -0.15) is 0 Å². The number of aromatic nitrogens is 3. The number of carbonyl (C=O) groups excluding carboxylic acids is 3. The predicted molar refractivity (Wildman–Crippen MR) is 129 cm³/mol. The number of nitrogens with zero attached hydrogens (tertiary/aromatic N) is 3. The Balaban J connectivity index is 1.58. The molecule has 0 unspecified atom stereocenters. The van der Waals surface area contributed by atoms with Crippen molar-refractivity contribution in [3.8, 4) is 17.1 Å².